The Labute approximate surface area is 100 Å². The highest BCUT2D eigenvalue weighted by Gasteiger charge is 2.21. The summed E-state index contributed by atoms with van der Waals surface area (Å²) in [6, 6.07) is 8.82. The summed E-state index contributed by atoms with van der Waals surface area (Å²) in [7, 11) is 0. The monoisotopic (exact) mass is 229 g/mol. The third-order valence-electron chi connectivity index (χ3n) is 3.34. The van der Waals surface area contributed by atoms with Crippen molar-refractivity contribution in [3.05, 3.63) is 51.5 Å². The van der Waals surface area contributed by atoms with E-state index in [9.17, 15) is 0 Å². The van der Waals surface area contributed by atoms with Crippen LogP contribution in [0.3, 0.4) is 0 Å². The van der Waals surface area contributed by atoms with E-state index < -0.39 is 0 Å². The standard InChI is InChI=1S/C14H15NS/c1-10-9-15-14(16-10)13-7-6-11-4-2-3-5-12(11)8-13/h2-5,9,13H,6-8H2,1H3. The van der Waals surface area contributed by atoms with Gasteiger partial charge in [0.05, 0.1) is 5.01 Å². The molecule has 0 amide bonds. The Balaban J connectivity index is 1.88. The summed E-state index contributed by atoms with van der Waals surface area (Å²) in [5.41, 5.74) is 3.05. The average molecular weight is 229 g/mol. The maximum atomic E-state index is 4.53. The minimum Gasteiger partial charge on any atom is -0.249 e. The molecule has 1 atom stereocenters. The second-order valence-electron chi connectivity index (χ2n) is 4.52. The largest absolute Gasteiger partial charge is 0.249 e. The second-order valence-corrected chi connectivity index (χ2v) is 5.78. The highest BCUT2D eigenvalue weighted by Crippen LogP contribution is 2.34. The first-order chi connectivity index (χ1) is 7.83. The van der Waals surface area contributed by atoms with Gasteiger partial charge in [0, 0.05) is 17.0 Å². The van der Waals surface area contributed by atoms with Crippen molar-refractivity contribution in [2.45, 2.75) is 32.1 Å². The van der Waals surface area contributed by atoms with E-state index in [0.717, 1.165) is 0 Å². The molecule has 0 saturated heterocycles. The van der Waals surface area contributed by atoms with Crippen molar-refractivity contribution in [2.75, 3.05) is 0 Å². The van der Waals surface area contributed by atoms with Crippen LogP contribution in [0, 0.1) is 6.92 Å². The number of hydrogen-bond acceptors (Lipinski definition) is 2. The lowest BCUT2D eigenvalue weighted by Crippen LogP contribution is -2.12. The summed E-state index contributed by atoms with van der Waals surface area (Å²) in [4.78, 5) is 5.86. The number of nitrogens with zero attached hydrogens (tertiary/aromatic N) is 1. The van der Waals surface area contributed by atoms with Gasteiger partial charge in [0.15, 0.2) is 0 Å². The Kier molecular flexibility index (Phi) is 2.52. The minimum absolute atomic E-state index is 0.647. The van der Waals surface area contributed by atoms with Crippen LogP contribution in [0.4, 0.5) is 0 Å². The predicted octanol–water partition coefficient (Wildman–Crippen LogP) is 3.72. The van der Waals surface area contributed by atoms with Crippen LogP contribution in [0.15, 0.2) is 30.5 Å². The van der Waals surface area contributed by atoms with Gasteiger partial charge in [-0.15, -0.1) is 11.3 Å². The molecule has 1 aliphatic rings. The molecule has 2 heteroatoms. The van der Waals surface area contributed by atoms with Gasteiger partial charge in [-0.3, -0.25) is 0 Å². The number of hydrogen-bond donors (Lipinski definition) is 0. The third kappa shape index (κ3) is 1.78. The van der Waals surface area contributed by atoms with E-state index in [1.54, 1.807) is 0 Å². The number of rotatable bonds is 1. The lowest BCUT2D eigenvalue weighted by Gasteiger charge is -2.22. The van der Waals surface area contributed by atoms with Crippen LogP contribution in [-0.2, 0) is 12.8 Å². The molecule has 3 rings (SSSR count). The fourth-order valence-electron chi connectivity index (χ4n) is 2.47. The molecule has 1 nitrogen and oxygen atoms in total. The molecule has 0 fully saturated rings. The van der Waals surface area contributed by atoms with Crippen LogP contribution in [0.5, 0.6) is 0 Å². The number of thiazole rings is 1. The SMILES string of the molecule is Cc1cnc(C2CCc3ccccc3C2)s1. The van der Waals surface area contributed by atoms with Gasteiger partial charge in [-0.25, -0.2) is 4.98 Å². The van der Waals surface area contributed by atoms with Gasteiger partial charge >= 0.3 is 0 Å². The zero-order valence-electron chi connectivity index (χ0n) is 9.44. The zero-order valence-corrected chi connectivity index (χ0v) is 10.3. The topological polar surface area (TPSA) is 12.9 Å². The molecule has 0 spiro atoms. The normalized spacial score (nSPS) is 19.4. The van der Waals surface area contributed by atoms with E-state index in [2.05, 4.69) is 36.2 Å². The van der Waals surface area contributed by atoms with Gasteiger partial charge in [0.2, 0.25) is 0 Å². The molecule has 16 heavy (non-hydrogen) atoms. The van der Waals surface area contributed by atoms with Crippen LogP contribution >= 0.6 is 11.3 Å². The van der Waals surface area contributed by atoms with Crippen LogP contribution in [0.25, 0.3) is 0 Å². The highest BCUT2D eigenvalue weighted by molar-refractivity contribution is 7.11. The first-order valence-electron chi connectivity index (χ1n) is 5.82. The number of benzene rings is 1. The summed E-state index contributed by atoms with van der Waals surface area (Å²) < 4.78 is 0. The van der Waals surface area contributed by atoms with Gasteiger partial charge in [0.1, 0.15) is 0 Å². The molecule has 0 N–H and O–H groups in total. The van der Waals surface area contributed by atoms with Gasteiger partial charge in [-0.05, 0) is 37.3 Å². The minimum atomic E-state index is 0.647. The molecule has 1 heterocycles. The average Bonchev–Trinajstić information content (AvgIpc) is 2.75. The van der Waals surface area contributed by atoms with Crippen molar-refractivity contribution < 1.29 is 0 Å². The maximum Gasteiger partial charge on any atom is 0.0961 e. The Morgan fingerprint density at radius 3 is 2.81 bits per heavy atom. The fourth-order valence-corrected chi connectivity index (χ4v) is 3.38. The first kappa shape index (κ1) is 10.0. The quantitative estimate of drug-likeness (QED) is 0.726. The Morgan fingerprint density at radius 2 is 2.06 bits per heavy atom. The summed E-state index contributed by atoms with van der Waals surface area (Å²) in [6.07, 6.45) is 5.63. The Hall–Kier alpha value is -1.15. The molecule has 0 saturated carbocycles. The molecular weight excluding hydrogens is 214 g/mol. The van der Waals surface area contributed by atoms with Crippen molar-refractivity contribution >= 4 is 11.3 Å². The molecule has 82 valence electrons. The molecule has 0 radical (unpaired) electrons. The van der Waals surface area contributed by atoms with Gasteiger partial charge in [-0.1, -0.05) is 24.3 Å². The van der Waals surface area contributed by atoms with E-state index in [4.69, 9.17) is 0 Å². The second kappa shape index (κ2) is 4.02. The predicted molar refractivity (Wildman–Crippen MR) is 68.1 cm³/mol. The molecule has 2 aromatic rings. The highest BCUT2D eigenvalue weighted by atomic mass is 32.1. The van der Waals surface area contributed by atoms with Crippen molar-refractivity contribution in [1.29, 1.82) is 0 Å². The first-order valence-corrected chi connectivity index (χ1v) is 6.63. The number of fused-ring (bicyclic) bond motifs is 1. The van der Waals surface area contributed by atoms with Crippen molar-refractivity contribution in [3.8, 4) is 0 Å². The molecule has 0 bridgehead atoms. The molecule has 1 aromatic carbocycles. The Morgan fingerprint density at radius 1 is 1.25 bits per heavy atom. The number of aromatic nitrogens is 1. The summed E-state index contributed by atoms with van der Waals surface area (Å²) in [5, 5.41) is 1.33. The van der Waals surface area contributed by atoms with E-state index in [-0.39, 0.29) is 0 Å². The van der Waals surface area contributed by atoms with Crippen LogP contribution in [0.1, 0.15) is 33.4 Å². The van der Waals surface area contributed by atoms with Crippen molar-refractivity contribution in [1.82, 2.24) is 4.98 Å². The lowest BCUT2D eigenvalue weighted by molar-refractivity contribution is 0.582. The summed E-state index contributed by atoms with van der Waals surface area (Å²) in [5.74, 6) is 0.647. The fraction of sp³-hybridized carbons (Fsp3) is 0.357. The molecule has 1 aromatic heterocycles. The van der Waals surface area contributed by atoms with Crippen LogP contribution in [-0.4, -0.2) is 4.98 Å². The van der Waals surface area contributed by atoms with Gasteiger partial charge in [-0.2, -0.15) is 0 Å². The van der Waals surface area contributed by atoms with E-state index >= 15 is 0 Å². The van der Waals surface area contributed by atoms with Gasteiger partial charge in [0.25, 0.3) is 0 Å². The molecule has 1 unspecified atom stereocenters. The van der Waals surface area contributed by atoms with Crippen LogP contribution < -0.4 is 0 Å². The van der Waals surface area contributed by atoms with E-state index in [1.807, 2.05) is 17.5 Å². The smallest absolute Gasteiger partial charge is 0.0961 e. The molecule has 1 aliphatic carbocycles. The van der Waals surface area contributed by atoms with Crippen molar-refractivity contribution in [2.24, 2.45) is 0 Å². The maximum absolute atomic E-state index is 4.53. The van der Waals surface area contributed by atoms with E-state index in [1.165, 1.54) is 40.3 Å². The Bertz CT molecular complexity index is 501. The lowest BCUT2D eigenvalue weighted by atomic mass is 9.84. The summed E-state index contributed by atoms with van der Waals surface area (Å²) in [6.45, 7) is 2.14. The third-order valence-corrected chi connectivity index (χ3v) is 4.41. The summed E-state index contributed by atoms with van der Waals surface area (Å²) >= 11 is 1.86. The van der Waals surface area contributed by atoms with Gasteiger partial charge < -0.3 is 0 Å². The van der Waals surface area contributed by atoms with Crippen LogP contribution in [0.2, 0.25) is 0 Å². The molecule has 0 aliphatic heterocycles. The van der Waals surface area contributed by atoms with E-state index in [0.29, 0.717) is 5.92 Å². The molecular formula is C14H15NS. The van der Waals surface area contributed by atoms with Crippen molar-refractivity contribution in [3.63, 3.8) is 0 Å². The number of aryl methyl sites for hydroxylation is 2. The zero-order chi connectivity index (χ0) is 11.0.